The Bertz CT molecular complexity index is 374. The Hall–Kier alpha value is -1.14. The van der Waals surface area contributed by atoms with Crippen LogP contribution in [-0.2, 0) is 0 Å². The monoisotopic (exact) mass is 290 g/mol. The first kappa shape index (κ1) is 12.9. The third-order valence-corrected chi connectivity index (χ3v) is 2.44. The van der Waals surface area contributed by atoms with Gasteiger partial charge in [0.15, 0.2) is 0 Å². The number of carbonyl (C=O) groups is 1. The molecule has 4 nitrogen and oxygen atoms in total. The zero-order valence-electron chi connectivity index (χ0n) is 8.46. The van der Waals surface area contributed by atoms with Crippen molar-refractivity contribution in [1.82, 2.24) is 5.32 Å². The number of hydrogen-bond acceptors (Lipinski definition) is 2. The molecule has 1 aromatic rings. The molecule has 0 aliphatic heterocycles. The Labute approximate surface area is 101 Å². The molecule has 0 aliphatic rings. The number of anilines is 1. The van der Waals surface area contributed by atoms with E-state index in [-0.39, 0.29) is 6.61 Å². The third-order valence-electron chi connectivity index (χ3n) is 1.80. The minimum atomic E-state index is -0.437. The van der Waals surface area contributed by atoms with Crippen molar-refractivity contribution in [2.45, 2.75) is 6.42 Å². The van der Waals surface area contributed by atoms with E-state index in [4.69, 9.17) is 5.11 Å². The summed E-state index contributed by atoms with van der Waals surface area (Å²) in [6.45, 7) is 0.397. The summed E-state index contributed by atoms with van der Waals surface area (Å²) in [6, 6.07) is 3.89. The summed E-state index contributed by atoms with van der Waals surface area (Å²) in [7, 11) is 0. The highest BCUT2D eigenvalue weighted by atomic mass is 79.9. The topological polar surface area (TPSA) is 61.4 Å². The number of urea groups is 1. The SMILES string of the molecule is O=C(NCCCO)Nc1ccc(Br)c(F)c1. The Balaban J connectivity index is 2.46. The largest absolute Gasteiger partial charge is 0.396 e. The van der Waals surface area contributed by atoms with Gasteiger partial charge in [0, 0.05) is 18.8 Å². The first-order valence-corrected chi connectivity index (χ1v) is 5.53. The summed E-state index contributed by atoms with van der Waals surface area (Å²) in [5.41, 5.74) is 0.377. The molecule has 0 bridgehead atoms. The molecule has 0 atom stereocenters. The van der Waals surface area contributed by atoms with Crippen molar-refractivity contribution in [3.63, 3.8) is 0 Å². The van der Waals surface area contributed by atoms with Gasteiger partial charge in [0.2, 0.25) is 0 Å². The Morgan fingerprint density at radius 1 is 1.50 bits per heavy atom. The van der Waals surface area contributed by atoms with Crippen LogP contribution < -0.4 is 10.6 Å². The van der Waals surface area contributed by atoms with E-state index in [0.717, 1.165) is 0 Å². The molecule has 88 valence electrons. The standard InChI is InChI=1S/C10H12BrFN2O2/c11-8-3-2-7(6-9(8)12)14-10(16)13-4-1-5-15/h2-3,6,15H,1,4-5H2,(H2,13,14,16). The van der Waals surface area contributed by atoms with E-state index in [0.29, 0.717) is 23.1 Å². The van der Waals surface area contributed by atoms with Crippen molar-refractivity contribution in [1.29, 1.82) is 0 Å². The van der Waals surface area contributed by atoms with Gasteiger partial charge < -0.3 is 15.7 Å². The molecule has 0 aromatic heterocycles. The van der Waals surface area contributed by atoms with Crippen LogP contribution in [0.2, 0.25) is 0 Å². The number of carbonyl (C=O) groups excluding carboxylic acids is 1. The van der Waals surface area contributed by atoms with E-state index in [9.17, 15) is 9.18 Å². The maximum atomic E-state index is 13.1. The molecule has 0 radical (unpaired) electrons. The van der Waals surface area contributed by atoms with Gasteiger partial charge in [-0.1, -0.05) is 0 Å². The second-order valence-corrected chi connectivity index (χ2v) is 3.94. The van der Waals surface area contributed by atoms with Crippen molar-refractivity contribution in [2.24, 2.45) is 0 Å². The van der Waals surface area contributed by atoms with Gasteiger partial charge >= 0.3 is 6.03 Å². The molecule has 1 rings (SSSR count). The Kier molecular flexibility index (Phi) is 5.21. The number of benzene rings is 1. The van der Waals surface area contributed by atoms with Crippen molar-refractivity contribution in [3.8, 4) is 0 Å². The Morgan fingerprint density at radius 3 is 2.88 bits per heavy atom. The highest BCUT2D eigenvalue weighted by molar-refractivity contribution is 9.10. The molecule has 0 heterocycles. The van der Waals surface area contributed by atoms with Crippen LogP contribution in [0.25, 0.3) is 0 Å². The van der Waals surface area contributed by atoms with Crippen molar-refractivity contribution in [3.05, 3.63) is 28.5 Å². The number of aliphatic hydroxyl groups excluding tert-OH is 1. The molecule has 0 fully saturated rings. The molecular formula is C10H12BrFN2O2. The van der Waals surface area contributed by atoms with Gasteiger partial charge in [-0.2, -0.15) is 0 Å². The number of rotatable bonds is 4. The first-order valence-electron chi connectivity index (χ1n) is 4.74. The minimum Gasteiger partial charge on any atom is -0.396 e. The maximum absolute atomic E-state index is 13.1. The van der Waals surface area contributed by atoms with E-state index in [1.807, 2.05) is 0 Å². The summed E-state index contributed by atoms with van der Waals surface area (Å²) in [5, 5.41) is 13.5. The first-order chi connectivity index (χ1) is 7.63. The number of amides is 2. The van der Waals surface area contributed by atoms with Crippen LogP contribution in [-0.4, -0.2) is 24.3 Å². The average Bonchev–Trinajstić information content (AvgIpc) is 2.24. The van der Waals surface area contributed by atoms with E-state index >= 15 is 0 Å². The lowest BCUT2D eigenvalue weighted by atomic mass is 10.3. The molecule has 6 heteroatoms. The molecule has 2 amide bonds. The summed E-state index contributed by atoms with van der Waals surface area (Å²) in [6.07, 6.45) is 0.488. The molecule has 1 aromatic carbocycles. The molecule has 0 spiro atoms. The van der Waals surface area contributed by atoms with E-state index < -0.39 is 11.8 Å². The van der Waals surface area contributed by atoms with Gasteiger partial charge in [0.25, 0.3) is 0 Å². The van der Waals surface area contributed by atoms with Crippen LogP contribution >= 0.6 is 15.9 Å². The van der Waals surface area contributed by atoms with Crippen LogP contribution in [0.1, 0.15) is 6.42 Å². The quantitative estimate of drug-likeness (QED) is 0.744. The molecular weight excluding hydrogens is 279 g/mol. The Morgan fingerprint density at radius 2 is 2.25 bits per heavy atom. The molecule has 0 saturated heterocycles. The minimum absolute atomic E-state index is 0.0210. The summed E-state index contributed by atoms with van der Waals surface area (Å²) < 4.78 is 13.4. The lowest BCUT2D eigenvalue weighted by Crippen LogP contribution is -2.29. The fourth-order valence-electron chi connectivity index (χ4n) is 1.03. The number of aliphatic hydroxyl groups is 1. The van der Waals surface area contributed by atoms with Crippen molar-refractivity contribution < 1.29 is 14.3 Å². The fraction of sp³-hybridized carbons (Fsp3) is 0.300. The number of hydrogen-bond donors (Lipinski definition) is 3. The van der Waals surface area contributed by atoms with Gasteiger partial charge in [0.1, 0.15) is 5.82 Å². The normalized spacial score (nSPS) is 9.94. The smallest absolute Gasteiger partial charge is 0.319 e. The molecule has 3 N–H and O–H groups in total. The third kappa shape index (κ3) is 4.16. The highest BCUT2D eigenvalue weighted by Crippen LogP contribution is 2.19. The van der Waals surface area contributed by atoms with Crippen LogP contribution in [0.5, 0.6) is 0 Å². The van der Waals surface area contributed by atoms with Crippen molar-refractivity contribution >= 4 is 27.6 Å². The predicted molar refractivity (Wildman–Crippen MR) is 62.8 cm³/mol. The number of halogens is 2. The zero-order chi connectivity index (χ0) is 12.0. The van der Waals surface area contributed by atoms with E-state index in [1.165, 1.54) is 12.1 Å². The maximum Gasteiger partial charge on any atom is 0.319 e. The van der Waals surface area contributed by atoms with Crippen LogP contribution in [0.15, 0.2) is 22.7 Å². The molecule has 0 unspecified atom stereocenters. The van der Waals surface area contributed by atoms with Crippen LogP contribution in [0.3, 0.4) is 0 Å². The van der Waals surface area contributed by atoms with Gasteiger partial charge in [-0.15, -0.1) is 0 Å². The van der Waals surface area contributed by atoms with Crippen LogP contribution in [0, 0.1) is 5.82 Å². The summed E-state index contributed by atoms with van der Waals surface area (Å²) in [4.78, 5) is 11.2. The molecule has 16 heavy (non-hydrogen) atoms. The van der Waals surface area contributed by atoms with Gasteiger partial charge in [0.05, 0.1) is 4.47 Å². The molecule has 0 aliphatic carbocycles. The molecule has 0 saturated carbocycles. The van der Waals surface area contributed by atoms with Gasteiger partial charge in [-0.3, -0.25) is 0 Å². The van der Waals surface area contributed by atoms with Crippen molar-refractivity contribution in [2.75, 3.05) is 18.5 Å². The second-order valence-electron chi connectivity index (χ2n) is 3.09. The van der Waals surface area contributed by atoms with E-state index in [1.54, 1.807) is 6.07 Å². The average molecular weight is 291 g/mol. The lowest BCUT2D eigenvalue weighted by Gasteiger charge is -2.07. The van der Waals surface area contributed by atoms with E-state index in [2.05, 4.69) is 26.6 Å². The second kappa shape index (κ2) is 6.44. The highest BCUT2D eigenvalue weighted by Gasteiger charge is 2.03. The van der Waals surface area contributed by atoms with Gasteiger partial charge in [-0.05, 0) is 40.5 Å². The summed E-state index contributed by atoms with van der Waals surface area (Å²) >= 11 is 3.02. The number of nitrogens with one attached hydrogen (secondary N) is 2. The fourth-order valence-corrected chi connectivity index (χ4v) is 1.28. The predicted octanol–water partition coefficient (Wildman–Crippen LogP) is 2.09. The van der Waals surface area contributed by atoms with Crippen LogP contribution in [0.4, 0.5) is 14.9 Å². The van der Waals surface area contributed by atoms with Gasteiger partial charge in [-0.25, -0.2) is 9.18 Å². The zero-order valence-corrected chi connectivity index (χ0v) is 10.1. The summed E-state index contributed by atoms with van der Waals surface area (Å²) in [5.74, 6) is -0.437. The lowest BCUT2D eigenvalue weighted by molar-refractivity contribution is 0.249.